The van der Waals surface area contributed by atoms with Crippen LogP contribution in [0.25, 0.3) is 0 Å². The maximum atomic E-state index is 9.04. The fraction of sp³-hybridized carbons (Fsp3) is 0.294. The van der Waals surface area contributed by atoms with E-state index in [1.165, 1.54) is 0 Å². The van der Waals surface area contributed by atoms with Gasteiger partial charge in [0.05, 0.1) is 6.61 Å². The lowest BCUT2D eigenvalue weighted by molar-refractivity contribution is 0.281. The van der Waals surface area contributed by atoms with Crippen molar-refractivity contribution < 1.29 is 9.84 Å². The van der Waals surface area contributed by atoms with Crippen LogP contribution in [0.15, 0.2) is 48.5 Å². The molecule has 0 amide bonds. The molecule has 0 bridgehead atoms. The molecular weight excluding hydrogens is 250 g/mol. The fourth-order valence-corrected chi connectivity index (χ4v) is 1.85. The molecular formula is C17H21NO2. The topological polar surface area (TPSA) is 41.5 Å². The number of para-hydroxylation sites is 1. The number of aliphatic hydroxyl groups excluding tert-OH is 1. The molecule has 0 heterocycles. The molecule has 106 valence electrons. The van der Waals surface area contributed by atoms with Gasteiger partial charge in [0.1, 0.15) is 11.5 Å². The van der Waals surface area contributed by atoms with Crippen LogP contribution in [-0.2, 0) is 13.2 Å². The van der Waals surface area contributed by atoms with Crippen molar-refractivity contribution in [3.8, 4) is 11.5 Å². The number of hydrogen-bond acceptors (Lipinski definition) is 3. The van der Waals surface area contributed by atoms with Gasteiger partial charge >= 0.3 is 0 Å². The second-order valence-electron chi connectivity index (χ2n) is 5.05. The van der Waals surface area contributed by atoms with Crippen molar-refractivity contribution in [2.24, 2.45) is 0 Å². The summed E-state index contributed by atoms with van der Waals surface area (Å²) in [7, 11) is 0. The van der Waals surface area contributed by atoms with Crippen molar-refractivity contribution in [1.82, 2.24) is 5.32 Å². The van der Waals surface area contributed by atoms with Crippen LogP contribution < -0.4 is 10.1 Å². The molecule has 0 unspecified atom stereocenters. The monoisotopic (exact) mass is 271 g/mol. The molecule has 0 aliphatic rings. The van der Waals surface area contributed by atoms with E-state index in [-0.39, 0.29) is 6.61 Å². The summed E-state index contributed by atoms with van der Waals surface area (Å²) in [6, 6.07) is 15.9. The molecule has 2 aromatic carbocycles. The first-order valence-corrected chi connectivity index (χ1v) is 6.88. The maximum Gasteiger partial charge on any atom is 0.131 e. The minimum atomic E-state index is 0.0508. The number of nitrogens with one attached hydrogen (secondary N) is 1. The molecule has 0 fully saturated rings. The zero-order chi connectivity index (χ0) is 14.4. The fourth-order valence-electron chi connectivity index (χ4n) is 1.85. The van der Waals surface area contributed by atoms with Crippen molar-refractivity contribution in [3.63, 3.8) is 0 Å². The molecule has 0 saturated heterocycles. The largest absolute Gasteiger partial charge is 0.457 e. The molecule has 3 nitrogen and oxygen atoms in total. The summed E-state index contributed by atoms with van der Waals surface area (Å²) < 4.78 is 5.92. The molecule has 3 heteroatoms. The first-order valence-electron chi connectivity index (χ1n) is 6.88. The second-order valence-corrected chi connectivity index (χ2v) is 5.05. The molecule has 0 spiro atoms. The Kier molecular flexibility index (Phi) is 5.16. The summed E-state index contributed by atoms with van der Waals surface area (Å²) in [5.74, 6) is 1.64. The minimum absolute atomic E-state index is 0.0508. The van der Waals surface area contributed by atoms with E-state index >= 15 is 0 Å². The van der Waals surface area contributed by atoms with Gasteiger partial charge in [-0.05, 0) is 23.8 Å². The van der Waals surface area contributed by atoms with Crippen LogP contribution in [0.4, 0.5) is 0 Å². The summed E-state index contributed by atoms with van der Waals surface area (Å²) >= 11 is 0. The van der Waals surface area contributed by atoms with Gasteiger partial charge in [-0.15, -0.1) is 0 Å². The van der Waals surface area contributed by atoms with Crippen molar-refractivity contribution in [1.29, 1.82) is 0 Å². The van der Waals surface area contributed by atoms with Crippen LogP contribution in [0.2, 0.25) is 0 Å². The third-order valence-electron chi connectivity index (χ3n) is 3.01. The summed E-state index contributed by atoms with van der Waals surface area (Å²) in [5, 5.41) is 12.4. The lowest BCUT2D eigenvalue weighted by Crippen LogP contribution is -2.22. The summed E-state index contributed by atoms with van der Waals surface area (Å²) in [5.41, 5.74) is 2.01. The second kappa shape index (κ2) is 7.08. The Bertz CT molecular complexity index is 535. The lowest BCUT2D eigenvalue weighted by Gasteiger charge is -2.13. The molecule has 2 N–H and O–H groups in total. The van der Waals surface area contributed by atoms with Crippen molar-refractivity contribution in [3.05, 3.63) is 59.7 Å². The molecule has 0 aliphatic carbocycles. The lowest BCUT2D eigenvalue weighted by atomic mass is 10.2. The third-order valence-corrected chi connectivity index (χ3v) is 3.01. The summed E-state index contributed by atoms with van der Waals surface area (Å²) in [4.78, 5) is 0. The molecule has 0 aliphatic heterocycles. The van der Waals surface area contributed by atoms with Crippen LogP contribution in [0, 0.1) is 0 Å². The van der Waals surface area contributed by atoms with Gasteiger partial charge in [0.2, 0.25) is 0 Å². The molecule has 0 atom stereocenters. The van der Waals surface area contributed by atoms with Crippen LogP contribution in [0.1, 0.15) is 25.0 Å². The summed E-state index contributed by atoms with van der Waals surface area (Å²) in [6.07, 6.45) is 0. The van der Waals surface area contributed by atoms with Gasteiger partial charge in [-0.25, -0.2) is 0 Å². The van der Waals surface area contributed by atoms with E-state index < -0.39 is 0 Å². The predicted molar refractivity (Wildman–Crippen MR) is 80.9 cm³/mol. The Morgan fingerprint density at radius 2 is 1.75 bits per heavy atom. The van der Waals surface area contributed by atoms with E-state index in [1.807, 2.05) is 42.5 Å². The van der Waals surface area contributed by atoms with Crippen molar-refractivity contribution in [2.75, 3.05) is 0 Å². The average molecular weight is 271 g/mol. The van der Waals surface area contributed by atoms with Gasteiger partial charge in [0, 0.05) is 18.2 Å². The van der Waals surface area contributed by atoms with Gasteiger partial charge in [-0.3, -0.25) is 0 Å². The molecule has 0 aromatic heterocycles. The summed E-state index contributed by atoms with van der Waals surface area (Å²) in [6.45, 7) is 5.08. The molecule has 2 rings (SSSR count). The quantitative estimate of drug-likeness (QED) is 0.845. The van der Waals surface area contributed by atoms with Gasteiger partial charge in [0.25, 0.3) is 0 Å². The van der Waals surface area contributed by atoms with E-state index in [2.05, 4.69) is 25.2 Å². The molecule has 2 aromatic rings. The SMILES string of the molecule is CC(C)NCc1ccccc1Oc1ccc(CO)cc1. The van der Waals surface area contributed by atoms with E-state index in [0.717, 1.165) is 29.2 Å². The molecule has 20 heavy (non-hydrogen) atoms. The van der Waals surface area contributed by atoms with E-state index in [9.17, 15) is 0 Å². The van der Waals surface area contributed by atoms with Crippen LogP contribution in [0.3, 0.4) is 0 Å². The van der Waals surface area contributed by atoms with E-state index in [1.54, 1.807) is 0 Å². The maximum absolute atomic E-state index is 9.04. The molecule has 0 saturated carbocycles. The average Bonchev–Trinajstić information content (AvgIpc) is 2.47. The molecule has 0 radical (unpaired) electrons. The number of hydrogen-bond donors (Lipinski definition) is 2. The highest BCUT2D eigenvalue weighted by Gasteiger charge is 2.05. The van der Waals surface area contributed by atoms with Crippen LogP contribution >= 0.6 is 0 Å². The first kappa shape index (κ1) is 14.6. The normalized spacial score (nSPS) is 10.8. The third kappa shape index (κ3) is 4.08. The zero-order valence-corrected chi connectivity index (χ0v) is 12.0. The van der Waals surface area contributed by atoms with Crippen LogP contribution in [0.5, 0.6) is 11.5 Å². The Morgan fingerprint density at radius 1 is 1.05 bits per heavy atom. The minimum Gasteiger partial charge on any atom is -0.457 e. The highest BCUT2D eigenvalue weighted by atomic mass is 16.5. The number of benzene rings is 2. The van der Waals surface area contributed by atoms with E-state index in [4.69, 9.17) is 9.84 Å². The van der Waals surface area contributed by atoms with Crippen molar-refractivity contribution in [2.45, 2.75) is 33.0 Å². The zero-order valence-electron chi connectivity index (χ0n) is 12.0. The smallest absolute Gasteiger partial charge is 0.131 e. The van der Waals surface area contributed by atoms with Gasteiger partial charge in [-0.1, -0.05) is 44.2 Å². The van der Waals surface area contributed by atoms with Crippen molar-refractivity contribution >= 4 is 0 Å². The van der Waals surface area contributed by atoms with Gasteiger partial charge < -0.3 is 15.2 Å². The number of rotatable bonds is 6. The first-order chi connectivity index (χ1) is 9.69. The standard InChI is InChI=1S/C17H21NO2/c1-13(2)18-11-15-5-3-4-6-17(15)20-16-9-7-14(12-19)8-10-16/h3-10,13,18-19H,11-12H2,1-2H3. The van der Waals surface area contributed by atoms with Crippen LogP contribution in [-0.4, -0.2) is 11.1 Å². The Hall–Kier alpha value is -1.84. The highest BCUT2D eigenvalue weighted by Crippen LogP contribution is 2.25. The van der Waals surface area contributed by atoms with Gasteiger partial charge in [0.15, 0.2) is 0 Å². The highest BCUT2D eigenvalue weighted by molar-refractivity contribution is 5.38. The number of ether oxygens (including phenoxy) is 1. The Balaban J connectivity index is 2.11. The van der Waals surface area contributed by atoms with Gasteiger partial charge in [-0.2, -0.15) is 0 Å². The predicted octanol–water partition coefficient (Wildman–Crippen LogP) is 3.47. The number of aliphatic hydroxyl groups is 1. The Morgan fingerprint density at radius 3 is 2.40 bits per heavy atom. The van der Waals surface area contributed by atoms with E-state index in [0.29, 0.717) is 6.04 Å². The Labute approximate surface area is 120 Å².